The lowest BCUT2D eigenvalue weighted by atomic mass is 9.95. The molecular formula is C29H53NO6. The van der Waals surface area contributed by atoms with Crippen molar-refractivity contribution in [2.45, 2.75) is 131 Å². The number of rotatable bonds is 22. The second kappa shape index (κ2) is 21.2. The van der Waals surface area contributed by atoms with Crippen LogP contribution in [0.15, 0.2) is 0 Å². The fraction of sp³-hybridized carbons (Fsp3) is 0.862. The van der Waals surface area contributed by atoms with Gasteiger partial charge in [-0.1, -0.05) is 60.3 Å². The highest BCUT2D eigenvalue weighted by atomic mass is 16.5. The summed E-state index contributed by atoms with van der Waals surface area (Å²) >= 11 is 0. The monoisotopic (exact) mass is 511 g/mol. The summed E-state index contributed by atoms with van der Waals surface area (Å²) < 4.78 is 10.8. The molecule has 1 amide bonds. The molecule has 2 unspecified atom stereocenters. The predicted octanol–water partition coefficient (Wildman–Crippen LogP) is 6.17. The van der Waals surface area contributed by atoms with Crippen molar-refractivity contribution in [1.82, 2.24) is 5.32 Å². The summed E-state index contributed by atoms with van der Waals surface area (Å²) in [6, 6.07) is -0.636. The van der Waals surface area contributed by atoms with Crippen molar-refractivity contribution in [2.24, 2.45) is 17.8 Å². The summed E-state index contributed by atoms with van der Waals surface area (Å²) in [5.74, 6) is 0.224. The minimum atomic E-state index is -0.636. The van der Waals surface area contributed by atoms with E-state index in [-0.39, 0.29) is 36.1 Å². The molecule has 0 radical (unpaired) electrons. The highest BCUT2D eigenvalue weighted by molar-refractivity contribution is 5.84. The van der Waals surface area contributed by atoms with Crippen LogP contribution in [-0.2, 0) is 28.7 Å². The molecule has 0 aromatic carbocycles. The highest BCUT2D eigenvalue weighted by Gasteiger charge is 2.23. The van der Waals surface area contributed by atoms with E-state index in [0.717, 1.165) is 51.4 Å². The lowest BCUT2D eigenvalue weighted by Crippen LogP contribution is -2.42. The number of unbranched alkanes of at least 4 members (excludes halogenated alkanes) is 6. The number of hydrogen-bond acceptors (Lipinski definition) is 6. The number of hydrogen-bond donors (Lipinski definition) is 1. The number of nitrogens with one attached hydrogen (secondary N) is 1. The second-order valence-electron chi connectivity index (χ2n) is 10.8. The Kier molecular flexibility index (Phi) is 20.1. The minimum Gasteiger partial charge on any atom is -0.465 e. The lowest BCUT2D eigenvalue weighted by Gasteiger charge is -2.19. The van der Waals surface area contributed by atoms with Gasteiger partial charge in [0.25, 0.3) is 0 Å². The summed E-state index contributed by atoms with van der Waals surface area (Å²) in [4.78, 5) is 48.0. The Balaban J connectivity index is 4.16. The summed E-state index contributed by atoms with van der Waals surface area (Å²) in [6.45, 7) is 12.4. The van der Waals surface area contributed by atoms with Gasteiger partial charge in [0.1, 0.15) is 11.8 Å². The molecule has 0 aromatic rings. The fourth-order valence-electron chi connectivity index (χ4n) is 4.09. The maximum Gasteiger partial charge on any atom is 0.328 e. The zero-order valence-electron chi connectivity index (χ0n) is 23.9. The van der Waals surface area contributed by atoms with Crippen molar-refractivity contribution in [3.8, 4) is 0 Å². The van der Waals surface area contributed by atoms with Crippen molar-refractivity contribution >= 4 is 23.6 Å². The number of esters is 2. The maximum atomic E-state index is 12.6. The molecule has 0 saturated heterocycles. The van der Waals surface area contributed by atoms with Crippen LogP contribution in [0.2, 0.25) is 0 Å². The molecule has 0 aliphatic carbocycles. The second-order valence-corrected chi connectivity index (χ2v) is 10.8. The van der Waals surface area contributed by atoms with E-state index in [9.17, 15) is 19.2 Å². The van der Waals surface area contributed by atoms with Crippen LogP contribution in [-0.4, -0.2) is 42.9 Å². The van der Waals surface area contributed by atoms with Crippen molar-refractivity contribution < 1.29 is 28.7 Å². The van der Waals surface area contributed by atoms with E-state index in [1.54, 1.807) is 6.92 Å². The van der Waals surface area contributed by atoms with E-state index in [0.29, 0.717) is 44.6 Å². The Morgan fingerprint density at radius 1 is 0.667 bits per heavy atom. The molecule has 0 aliphatic rings. The molecule has 2 atom stereocenters. The Morgan fingerprint density at radius 3 is 1.67 bits per heavy atom. The highest BCUT2D eigenvalue weighted by Crippen LogP contribution is 2.17. The molecular weight excluding hydrogens is 458 g/mol. The normalized spacial score (nSPS) is 12.9. The summed E-state index contributed by atoms with van der Waals surface area (Å²) in [5.41, 5.74) is 0. The third kappa shape index (κ3) is 19.3. The quantitative estimate of drug-likeness (QED) is 0.138. The van der Waals surface area contributed by atoms with Gasteiger partial charge < -0.3 is 19.6 Å². The van der Waals surface area contributed by atoms with Crippen LogP contribution in [0.1, 0.15) is 125 Å². The average molecular weight is 512 g/mol. The number of carbonyl (C=O) groups excluding carboxylic acids is 4. The standard InChI is InChI=1S/C29H53NO6/c1-7-25(20-22(2)3)28(33)35-18-14-15-19-36-29(34)26(21-23(4)5)30-27(32)17-13-11-9-8-10-12-16-24(6)31/h22-23,25-26H,7-21H2,1-6H3,(H,30,32). The number of ketones is 1. The zero-order chi connectivity index (χ0) is 27.3. The number of Topliss-reactive ketones (excluding diaryl/α,β-unsaturated/α-hetero) is 1. The largest absolute Gasteiger partial charge is 0.465 e. The van der Waals surface area contributed by atoms with Crippen molar-refractivity contribution in [2.75, 3.05) is 13.2 Å². The Labute approximate surface area is 219 Å². The first kappa shape index (κ1) is 34.1. The van der Waals surface area contributed by atoms with Gasteiger partial charge in [-0.2, -0.15) is 0 Å². The third-order valence-corrected chi connectivity index (χ3v) is 6.12. The molecule has 210 valence electrons. The van der Waals surface area contributed by atoms with E-state index < -0.39 is 12.0 Å². The average Bonchev–Trinajstić information content (AvgIpc) is 2.79. The van der Waals surface area contributed by atoms with Gasteiger partial charge in [0.2, 0.25) is 5.91 Å². The first-order valence-electron chi connectivity index (χ1n) is 14.2. The number of ether oxygens (including phenoxy) is 2. The molecule has 7 heteroatoms. The summed E-state index contributed by atoms with van der Waals surface area (Å²) in [6.07, 6.45) is 10.3. The van der Waals surface area contributed by atoms with Gasteiger partial charge >= 0.3 is 11.9 Å². The molecule has 0 heterocycles. The van der Waals surface area contributed by atoms with Crippen LogP contribution in [0.3, 0.4) is 0 Å². The SMILES string of the molecule is CCC(CC(C)C)C(=O)OCCCCOC(=O)C(CC(C)C)NC(=O)CCCCCCCCC(C)=O. The van der Waals surface area contributed by atoms with Gasteiger partial charge in [0.15, 0.2) is 0 Å². The molecule has 0 bridgehead atoms. The Bertz CT molecular complexity index is 631. The Morgan fingerprint density at radius 2 is 1.17 bits per heavy atom. The van der Waals surface area contributed by atoms with E-state index >= 15 is 0 Å². The van der Waals surface area contributed by atoms with Crippen LogP contribution in [0, 0.1) is 17.8 Å². The topological polar surface area (TPSA) is 98.8 Å². The van der Waals surface area contributed by atoms with Gasteiger partial charge in [0.05, 0.1) is 19.1 Å². The first-order chi connectivity index (χ1) is 17.1. The van der Waals surface area contributed by atoms with Crippen LogP contribution in [0.4, 0.5) is 0 Å². The van der Waals surface area contributed by atoms with E-state index in [4.69, 9.17) is 9.47 Å². The predicted molar refractivity (Wildman–Crippen MR) is 143 cm³/mol. The van der Waals surface area contributed by atoms with Gasteiger partial charge in [0, 0.05) is 12.8 Å². The van der Waals surface area contributed by atoms with Crippen LogP contribution >= 0.6 is 0 Å². The third-order valence-electron chi connectivity index (χ3n) is 6.12. The molecule has 36 heavy (non-hydrogen) atoms. The molecule has 7 nitrogen and oxygen atoms in total. The summed E-state index contributed by atoms with van der Waals surface area (Å²) in [7, 11) is 0. The molecule has 0 saturated carbocycles. The van der Waals surface area contributed by atoms with Crippen LogP contribution in [0.25, 0.3) is 0 Å². The van der Waals surface area contributed by atoms with Gasteiger partial charge in [-0.05, 0) is 63.7 Å². The van der Waals surface area contributed by atoms with Crippen LogP contribution in [0.5, 0.6) is 0 Å². The molecule has 1 N–H and O–H groups in total. The van der Waals surface area contributed by atoms with E-state index in [1.807, 2.05) is 20.8 Å². The van der Waals surface area contributed by atoms with Gasteiger partial charge in [-0.15, -0.1) is 0 Å². The Hall–Kier alpha value is -1.92. The molecule has 0 spiro atoms. The summed E-state index contributed by atoms with van der Waals surface area (Å²) in [5, 5.41) is 2.85. The first-order valence-corrected chi connectivity index (χ1v) is 14.2. The lowest BCUT2D eigenvalue weighted by molar-refractivity contribution is -0.151. The molecule has 0 fully saturated rings. The van der Waals surface area contributed by atoms with Crippen LogP contribution < -0.4 is 5.32 Å². The van der Waals surface area contributed by atoms with Crippen molar-refractivity contribution in [3.05, 3.63) is 0 Å². The zero-order valence-corrected chi connectivity index (χ0v) is 23.9. The van der Waals surface area contributed by atoms with Gasteiger partial charge in [-0.3, -0.25) is 9.59 Å². The smallest absolute Gasteiger partial charge is 0.328 e. The molecule has 0 aromatic heterocycles. The van der Waals surface area contributed by atoms with Crippen molar-refractivity contribution in [3.63, 3.8) is 0 Å². The fourth-order valence-corrected chi connectivity index (χ4v) is 4.09. The molecule has 0 rings (SSSR count). The maximum absolute atomic E-state index is 12.6. The van der Waals surface area contributed by atoms with Crippen molar-refractivity contribution in [1.29, 1.82) is 0 Å². The van der Waals surface area contributed by atoms with Gasteiger partial charge in [-0.25, -0.2) is 4.79 Å². The van der Waals surface area contributed by atoms with E-state index in [1.165, 1.54) is 0 Å². The van der Waals surface area contributed by atoms with E-state index in [2.05, 4.69) is 19.2 Å². The number of carbonyl (C=O) groups is 4. The molecule has 0 aliphatic heterocycles. The number of amides is 1. The minimum absolute atomic E-state index is 0.0547.